The van der Waals surface area contributed by atoms with Crippen LogP contribution in [-0.4, -0.2) is 21.3 Å². The van der Waals surface area contributed by atoms with Crippen LogP contribution in [0.4, 0.5) is 0 Å². The number of aliphatic hydroxyl groups excluding tert-OH is 1. The molecule has 0 aliphatic heterocycles. The topological polar surface area (TPSA) is 38.1 Å². The molecule has 1 heterocycles. The number of fused-ring (bicyclic) bond motifs is 1. The Morgan fingerprint density at radius 2 is 2.18 bits per heavy atom. The van der Waals surface area contributed by atoms with Gasteiger partial charge in [-0.15, -0.1) is 0 Å². The molecule has 0 radical (unpaired) electrons. The molecule has 3 nitrogen and oxygen atoms in total. The van der Waals surface area contributed by atoms with E-state index in [0.717, 1.165) is 24.2 Å². The number of aromatic nitrogens is 2. The van der Waals surface area contributed by atoms with Crippen molar-refractivity contribution < 1.29 is 5.11 Å². The summed E-state index contributed by atoms with van der Waals surface area (Å²) in [5, 5.41) is 9.23. The molecule has 0 aliphatic rings. The number of benzene rings is 1. The number of hydrogen-bond donors (Lipinski definition) is 1. The van der Waals surface area contributed by atoms with Crippen molar-refractivity contribution in [2.75, 3.05) is 6.61 Å². The van der Waals surface area contributed by atoms with Gasteiger partial charge < -0.3 is 9.67 Å². The molecule has 0 amide bonds. The zero-order chi connectivity index (χ0) is 12.4. The summed E-state index contributed by atoms with van der Waals surface area (Å²) in [7, 11) is 2.03. The van der Waals surface area contributed by atoms with Crippen LogP contribution >= 0.6 is 0 Å². The van der Waals surface area contributed by atoms with Gasteiger partial charge in [0.2, 0.25) is 0 Å². The van der Waals surface area contributed by atoms with Gasteiger partial charge in [-0.2, -0.15) is 0 Å². The SMILES string of the molecule is CCC(CO)Cc1ccc2c(c1)nc(C)n2C. The van der Waals surface area contributed by atoms with Crippen molar-refractivity contribution in [1.82, 2.24) is 9.55 Å². The first-order valence-corrected chi connectivity index (χ1v) is 6.18. The third-order valence-corrected chi connectivity index (χ3v) is 3.53. The highest BCUT2D eigenvalue weighted by Crippen LogP contribution is 2.19. The second-order valence-corrected chi connectivity index (χ2v) is 4.70. The summed E-state index contributed by atoms with van der Waals surface area (Å²) in [6.45, 7) is 4.39. The highest BCUT2D eigenvalue weighted by atomic mass is 16.3. The molecule has 0 spiro atoms. The second-order valence-electron chi connectivity index (χ2n) is 4.70. The molecule has 0 fully saturated rings. The lowest BCUT2D eigenvalue weighted by Gasteiger charge is -2.11. The van der Waals surface area contributed by atoms with Crippen molar-refractivity contribution >= 4 is 11.0 Å². The summed E-state index contributed by atoms with van der Waals surface area (Å²) in [5.74, 6) is 1.39. The number of hydrogen-bond acceptors (Lipinski definition) is 2. The molecule has 0 aliphatic carbocycles. The molecule has 92 valence electrons. The van der Waals surface area contributed by atoms with E-state index in [4.69, 9.17) is 0 Å². The van der Waals surface area contributed by atoms with Crippen LogP contribution in [0.15, 0.2) is 18.2 Å². The van der Waals surface area contributed by atoms with Crippen LogP contribution in [0.5, 0.6) is 0 Å². The Bertz CT molecular complexity index is 512. The predicted molar refractivity (Wildman–Crippen MR) is 70.0 cm³/mol. The summed E-state index contributed by atoms with van der Waals surface area (Å²) >= 11 is 0. The van der Waals surface area contributed by atoms with Crippen molar-refractivity contribution in [1.29, 1.82) is 0 Å². The lowest BCUT2D eigenvalue weighted by Crippen LogP contribution is -2.07. The van der Waals surface area contributed by atoms with Gasteiger partial charge in [0.25, 0.3) is 0 Å². The average molecular weight is 232 g/mol. The minimum Gasteiger partial charge on any atom is -0.396 e. The van der Waals surface area contributed by atoms with Gasteiger partial charge in [0.1, 0.15) is 5.82 Å². The quantitative estimate of drug-likeness (QED) is 0.879. The smallest absolute Gasteiger partial charge is 0.106 e. The van der Waals surface area contributed by atoms with Crippen LogP contribution in [0, 0.1) is 12.8 Å². The fourth-order valence-electron chi connectivity index (χ4n) is 2.16. The van der Waals surface area contributed by atoms with Gasteiger partial charge in [0.15, 0.2) is 0 Å². The van der Waals surface area contributed by atoms with E-state index in [0.29, 0.717) is 5.92 Å². The van der Waals surface area contributed by atoms with Gasteiger partial charge in [-0.1, -0.05) is 19.4 Å². The van der Waals surface area contributed by atoms with Gasteiger partial charge in [0.05, 0.1) is 11.0 Å². The average Bonchev–Trinajstić information content (AvgIpc) is 2.62. The minimum atomic E-state index is 0.260. The maximum atomic E-state index is 9.23. The van der Waals surface area contributed by atoms with Crippen molar-refractivity contribution in [3.8, 4) is 0 Å². The van der Waals surface area contributed by atoms with E-state index in [-0.39, 0.29) is 6.61 Å². The van der Waals surface area contributed by atoms with E-state index in [9.17, 15) is 5.11 Å². The van der Waals surface area contributed by atoms with Crippen molar-refractivity contribution in [3.63, 3.8) is 0 Å². The molecule has 1 aromatic heterocycles. The standard InChI is InChI=1S/C14H20N2O/c1-4-11(9-17)7-12-5-6-14-13(8-12)15-10(2)16(14)3/h5-6,8,11,17H,4,7,9H2,1-3H3. The molecule has 3 heteroatoms. The maximum Gasteiger partial charge on any atom is 0.106 e. The summed E-state index contributed by atoms with van der Waals surface area (Å²) in [6, 6.07) is 6.40. The predicted octanol–water partition coefficient (Wildman–Crippen LogP) is 2.44. The second kappa shape index (κ2) is 4.88. The third-order valence-electron chi connectivity index (χ3n) is 3.53. The Morgan fingerprint density at radius 1 is 1.41 bits per heavy atom. The van der Waals surface area contributed by atoms with Crippen molar-refractivity contribution in [2.45, 2.75) is 26.7 Å². The van der Waals surface area contributed by atoms with Crippen LogP contribution in [0.3, 0.4) is 0 Å². The number of imidazole rings is 1. The first-order chi connectivity index (χ1) is 8.15. The first-order valence-electron chi connectivity index (χ1n) is 6.18. The van der Waals surface area contributed by atoms with E-state index in [1.807, 2.05) is 14.0 Å². The summed E-state index contributed by atoms with van der Waals surface area (Å²) < 4.78 is 2.10. The van der Waals surface area contributed by atoms with E-state index in [2.05, 4.69) is 34.7 Å². The maximum absolute atomic E-state index is 9.23. The molecular formula is C14H20N2O. The largest absolute Gasteiger partial charge is 0.396 e. The van der Waals surface area contributed by atoms with E-state index in [1.54, 1.807) is 0 Å². The highest BCUT2D eigenvalue weighted by Gasteiger charge is 2.09. The Morgan fingerprint density at radius 3 is 2.82 bits per heavy atom. The lowest BCUT2D eigenvalue weighted by molar-refractivity contribution is 0.222. The molecule has 0 saturated carbocycles. The molecule has 2 aromatic rings. The fraction of sp³-hybridized carbons (Fsp3) is 0.500. The molecule has 1 unspecified atom stereocenters. The third kappa shape index (κ3) is 2.34. The van der Waals surface area contributed by atoms with Crippen molar-refractivity contribution in [3.05, 3.63) is 29.6 Å². The molecule has 2 rings (SSSR count). The van der Waals surface area contributed by atoms with E-state index < -0.39 is 0 Å². The normalized spacial score (nSPS) is 13.2. The number of rotatable bonds is 4. The van der Waals surface area contributed by atoms with Crippen LogP contribution in [-0.2, 0) is 13.5 Å². The van der Waals surface area contributed by atoms with Gasteiger partial charge in [-0.05, 0) is 37.0 Å². The minimum absolute atomic E-state index is 0.260. The van der Waals surface area contributed by atoms with E-state index >= 15 is 0 Å². The first kappa shape index (κ1) is 12.1. The molecule has 0 saturated heterocycles. The Hall–Kier alpha value is -1.35. The molecule has 1 aromatic carbocycles. The molecule has 0 bridgehead atoms. The van der Waals surface area contributed by atoms with Crippen LogP contribution in [0.1, 0.15) is 24.7 Å². The van der Waals surface area contributed by atoms with E-state index in [1.165, 1.54) is 11.1 Å². The number of nitrogens with zero attached hydrogens (tertiary/aromatic N) is 2. The molecule has 17 heavy (non-hydrogen) atoms. The van der Waals surface area contributed by atoms with Crippen LogP contribution in [0.25, 0.3) is 11.0 Å². The Kier molecular flexibility index (Phi) is 3.48. The highest BCUT2D eigenvalue weighted by molar-refractivity contribution is 5.76. The Balaban J connectivity index is 2.31. The number of aryl methyl sites for hydroxylation is 2. The van der Waals surface area contributed by atoms with Gasteiger partial charge >= 0.3 is 0 Å². The summed E-state index contributed by atoms with van der Waals surface area (Å²) in [4.78, 5) is 4.53. The van der Waals surface area contributed by atoms with Gasteiger partial charge in [-0.25, -0.2) is 4.98 Å². The fourth-order valence-corrected chi connectivity index (χ4v) is 2.16. The lowest BCUT2D eigenvalue weighted by atomic mass is 9.97. The van der Waals surface area contributed by atoms with Gasteiger partial charge in [0, 0.05) is 13.7 Å². The Labute approximate surface area is 102 Å². The van der Waals surface area contributed by atoms with Crippen molar-refractivity contribution in [2.24, 2.45) is 13.0 Å². The van der Waals surface area contributed by atoms with Crippen LogP contribution in [0.2, 0.25) is 0 Å². The molecule has 1 atom stereocenters. The summed E-state index contributed by atoms with van der Waals surface area (Å²) in [5.41, 5.74) is 3.48. The molecule has 1 N–H and O–H groups in total. The molecular weight excluding hydrogens is 212 g/mol. The monoisotopic (exact) mass is 232 g/mol. The zero-order valence-corrected chi connectivity index (χ0v) is 10.8. The van der Waals surface area contributed by atoms with Crippen LogP contribution < -0.4 is 0 Å². The zero-order valence-electron chi connectivity index (χ0n) is 10.8. The van der Waals surface area contributed by atoms with Gasteiger partial charge in [-0.3, -0.25) is 0 Å². The summed E-state index contributed by atoms with van der Waals surface area (Å²) in [6.07, 6.45) is 1.94. The number of aliphatic hydroxyl groups is 1.